The van der Waals surface area contributed by atoms with E-state index in [1.165, 1.54) is 19.3 Å². The van der Waals surface area contributed by atoms with E-state index in [0.717, 1.165) is 6.54 Å². The van der Waals surface area contributed by atoms with Gasteiger partial charge < -0.3 is 14.8 Å². The van der Waals surface area contributed by atoms with Gasteiger partial charge in [0.25, 0.3) is 0 Å². The second-order valence-corrected chi connectivity index (χ2v) is 4.99. The van der Waals surface area contributed by atoms with Crippen molar-refractivity contribution >= 4 is 5.97 Å². The third-order valence-corrected chi connectivity index (χ3v) is 3.67. The number of hydrogen-bond donors (Lipinski definition) is 2. The van der Waals surface area contributed by atoms with E-state index in [4.69, 9.17) is 9.52 Å². The van der Waals surface area contributed by atoms with E-state index in [-0.39, 0.29) is 5.76 Å². The number of hydrogen-bond acceptors (Lipinski definition) is 3. The molecule has 1 saturated carbocycles. The molecule has 0 atom stereocenters. The Kier molecular flexibility index (Phi) is 3.24. The molecule has 1 aliphatic carbocycles. The molecule has 4 heteroatoms. The molecule has 0 saturated heterocycles. The van der Waals surface area contributed by atoms with Gasteiger partial charge in [0.2, 0.25) is 5.76 Å². The quantitative estimate of drug-likeness (QED) is 0.798. The maximum Gasteiger partial charge on any atom is 0.372 e. The molecule has 1 aromatic rings. The number of aromatic carboxylic acids is 1. The number of carboxylic acids is 1. The molecule has 1 heterocycles. The zero-order valence-electron chi connectivity index (χ0n) is 10.4. The van der Waals surface area contributed by atoms with E-state index in [1.807, 2.05) is 0 Å². The fourth-order valence-corrected chi connectivity index (χ4v) is 2.13. The van der Waals surface area contributed by atoms with E-state index in [9.17, 15) is 4.79 Å². The lowest BCUT2D eigenvalue weighted by molar-refractivity contribution is 0.0659. The summed E-state index contributed by atoms with van der Waals surface area (Å²) in [6, 6.07) is 1.79. The van der Waals surface area contributed by atoms with E-state index in [0.29, 0.717) is 23.3 Å². The normalized spacial score (nSPS) is 17.1. The van der Waals surface area contributed by atoms with Crippen LogP contribution in [0, 0.1) is 12.3 Å². The predicted octanol–water partition coefficient (Wildman–Crippen LogP) is 2.57. The summed E-state index contributed by atoms with van der Waals surface area (Å²) in [7, 11) is 0. The topological polar surface area (TPSA) is 62.5 Å². The molecule has 4 nitrogen and oxygen atoms in total. The smallest absolute Gasteiger partial charge is 0.372 e. The van der Waals surface area contributed by atoms with Crippen LogP contribution in [0.1, 0.15) is 48.1 Å². The summed E-state index contributed by atoms with van der Waals surface area (Å²) in [6.45, 7) is 5.57. The summed E-state index contributed by atoms with van der Waals surface area (Å²) in [5.41, 5.74) is 1.18. The molecule has 0 radical (unpaired) electrons. The van der Waals surface area contributed by atoms with E-state index >= 15 is 0 Å². The van der Waals surface area contributed by atoms with Crippen LogP contribution < -0.4 is 5.32 Å². The van der Waals surface area contributed by atoms with Gasteiger partial charge in [-0.25, -0.2) is 4.79 Å². The molecule has 1 aliphatic rings. The Bertz CT molecular complexity index is 418. The molecular weight excluding hydrogens is 218 g/mol. The SMILES string of the molecule is CCC1(CNCc2cc(C)c(C(=O)O)o2)CC1. The van der Waals surface area contributed by atoms with Crippen molar-refractivity contribution in [3.05, 3.63) is 23.2 Å². The van der Waals surface area contributed by atoms with Crippen molar-refractivity contribution < 1.29 is 14.3 Å². The molecule has 94 valence electrons. The van der Waals surface area contributed by atoms with Crippen molar-refractivity contribution in [2.45, 2.75) is 39.7 Å². The van der Waals surface area contributed by atoms with Gasteiger partial charge in [0.05, 0.1) is 6.54 Å². The molecule has 1 fully saturated rings. The van der Waals surface area contributed by atoms with Crippen molar-refractivity contribution in [1.82, 2.24) is 5.32 Å². The predicted molar refractivity (Wildman–Crippen MR) is 64.1 cm³/mol. The first kappa shape index (κ1) is 12.2. The summed E-state index contributed by atoms with van der Waals surface area (Å²) in [5.74, 6) is -0.244. The van der Waals surface area contributed by atoms with Gasteiger partial charge in [-0.2, -0.15) is 0 Å². The molecule has 17 heavy (non-hydrogen) atoms. The monoisotopic (exact) mass is 237 g/mol. The van der Waals surface area contributed by atoms with Gasteiger partial charge in [-0.05, 0) is 37.7 Å². The lowest BCUT2D eigenvalue weighted by Gasteiger charge is -2.12. The first-order valence-corrected chi connectivity index (χ1v) is 6.10. The molecule has 0 bridgehead atoms. The van der Waals surface area contributed by atoms with Gasteiger partial charge in [0.1, 0.15) is 5.76 Å². The summed E-state index contributed by atoms with van der Waals surface area (Å²) >= 11 is 0. The molecule has 1 aromatic heterocycles. The first-order chi connectivity index (χ1) is 8.06. The molecule has 2 rings (SSSR count). The Balaban J connectivity index is 1.87. The Labute approximate surface area is 101 Å². The van der Waals surface area contributed by atoms with Crippen LogP contribution in [0.5, 0.6) is 0 Å². The van der Waals surface area contributed by atoms with Crippen LogP contribution in [0.2, 0.25) is 0 Å². The molecule has 2 N–H and O–H groups in total. The second-order valence-electron chi connectivity index (χ2n) is 4.99. The van der Waals surface area contributed by atoms with E-state index in [2.05, 4.69) is 12.2 Å². The van der Waals surface area contributed by atoms with Crippen molar-refractivity contribution in [2.24, 2.45) is 5.41 Å². The third kappa shape index (κ3) is 2.69. The average molecular weight is 237 g/mol. The van der Waals surface area contributed by atoms with Crippen LogP contribution in [0.3, 0.4) is 0 Å². The van der Waals surface area contributed by atoms with Gasteiger partial charge >= 0.3 is 5.97 Å². The fraction of sp³-hybridized carbons (Fsp3) is 0.615. The zero-order valence-corrected chi connectivity index (χ0v) is 10.4. The highest BCUT2D eigenvalue weighted by atomic mass is 16.4. The highest BCUT2D eigenvalue weighted by Gasteiger charge is 2.39. The number of aryl methyl sites for hydroxylation is 1. The van der Waals surface area contributed by atoms with E-state index in [1.54, 1.807) is 13.0 Å². The fourth-order valence-electron chi connectivity index (χ4n) is 2.13. The largest absolute Gasteiger partial charge is 0.475 e. The highest BCUT2D eigenvalue weighted by Crippen LogP contribution is 2.47. The number of carbonyl (C=O) groups is 1. The summed E-state index contributed by atoms with van der Waals surface area (Å²) < 4.78 is 5.28. The van der Waals surface area contributed by atoms with Crippen LogP contribution in [-0.4, -0.2) is 17.6 Å². The first-order valence-electron chi connectivity index (χ1n) is 6.10. The standard InChI is InChI=1S/C13H19NO3/c1-3-13(4-5-13)8-14-7-10-6-9(2)11(17-10)12(15)16/h6,14H,3-5,7-8H2,1-2H3,(H,15,16). The number of nitrogens with one attached hydrogen (secondary N) is 1. The van der Waals surface area contributed by atoms with Gasteiger partial charge in [-0.3, -0.25) is 0 Å². The van der Waals surface area contributed by atoms with Crippen molar-refractivity contribution in [1.29, 1.82) is 0 Å². The molecule has 0 aliphatic heterocycles. The summed E-state index contributed by atoms with van der Waals surface area (Å²) in [4.78, 5) is 10.8. The third-order valence-electron chi connectivity index (χ3n) is 3.67. The number of furan rings is 1. The molecule has 0 spiro atoms. The van der Waals surface area contributed by atoms with Gasteiger partial charge in [0.15, 0.2) is 0 Å². The van der Waals surface area contributed by atoms with Crippen molar-refractivity contribution in [3.63, 3.8) is 0 Å². The lowest BCUT2D eigenvalue weighted by atomic mass is 10.0. The number of rotatable bonds is 6. The van der Waals surface area contributed by atoms with Crippen molar-refractivity contribution in [2.75, 3.05) is 6.54 Å². The Morgan fingerprint density at radius 1 is 1.59 bits per heavy atom. The summed E-state index contributed by atoms with van der Waals surface area (Å²) in [5, 5.41) is 12.2. The van der Waals surface area contributed by atoms with Gasteiger partial charge in [-0.1, -0.05) is 6.92 Å². The summed E-state index contributed by atoms with van der Waals surface area (Å²) in [6.07, 6.45) is 3.81. The van der Waals surface area contributed by atoms with Crippen LogP contribution in [0.25, 0.3) is 0 Å². The maximum absolute atomic E-state index is 10.8. The van der Waals surface area contributed by atoms with Crippen LogP contribution in [-0.2, 0) is 6.54 Å². The maximum atomic E-state index is 10.8. The van der Waals surface area contributed by atoms with Crippen LogP contribution in [0.4, 0.5) is 0 Å². The van der Waals surface area contributed by atoms with Gasteiger partial charge in [-0.15, -0.1) is 0 Å². The van der Waals surface area contributed by atoms with Crippen LogP contribution >= 0.6 is 0 Å². The molecular formula is C13H19NO3. The van der Waals surface area contributed by atoms with Gasteiger partial charge in [0, 0.05) is 12.1 Å². The zero-order chi connectivity index (χ0) is 12.5. The van der Waals surface area contributed by atoms with Crippen LogP contribution in [0.15, 0.2) is 10.5 Å². The second kappa shape index (κ2) is 4.53. The van der Waals surface area contributed by atoms with E-state index < -0.39 is 5.97 Å². The minimum Gasteiger partial charge on any atom is -0.475 e. The molecule has 0 unspecified atom stereocenters. The molecule has 0 aromatic carbocycles. The lowest BCUT2D eigenvalue weighted by Crippen LogP contribution is -2.22. The molecule has 0 amide bonds. The minimum absolute atomic E-state index is 0.0541. The van der Waals surface area contributed by atoms with Crippen molar-refractivity contribution in [3.8, 4) is 0 Å². The Hall–Kier alpha value is -1.29. The highest BCUT2D eigenvalue weighted by molar-refractivity contribution is 5.86. The average Bonchev–Trinajstić information content (AvgIpc) is 2.96. The minimum atomic E-state index is -0.999. The Morgan fingerprint density at radius 3 is 2.76 bits per heavy atom. The number of carboxylic acid groups (broad SMARTS) is 1. The Morgan fingerprint density at radius 2 is 2.29 bits per heavy atom.